The van der Waals surface area contributed by atoms with Crippen molar-refractivity contribution < 1.29 is 4.42 Å². The molecule has 0 saturated heterocycles. The van der Waals surface area contributed by atoms with Gasteiger partial charge in [0.15, 0.2) is 11.5 Å². The molecule has 0 aliphatic carbocycles. The fourth-order valence-corrected chi connectivity index (χ4v) is 3.65. The van der Waals surface area contributed by atoms with E-state index in [1.54, 1.807) is 6.20 Å². The maximum absolute atomic E-state index is 6.14. The molecule has 3 aromatic rings. The first kappa shape index (κ1) is 23.6. The highest BCUT2D eigenvalue weighted by Crippen LogP contribution is 2.29. The van der Waals surface area contributed by atoms with Crippen molar-refractivity contribution in [1.82, 2.24) is 30.4 Å². The third-order valence-corrected chi connectivity index (χ3v) is 5.65. The molecule has 34 heavy (non-hydrogen) atoms. The molecule has 0 amide bonds. The first-order chi connectivity index (χ1) is 16.1. The lowest BCUT2D eigenvalue weighted by Crippen LogP contribution is -2.35. The van der Waals surface area contributed by atoms with Crippen molar-refractivity contribution in [3.05, 3.63) is 59.6 Å². The van der Waals surface area contributed by atoms with Crippen LogP contribution in [0.4, 0.5) is 5.82 Å². The Bertz CT molecular complexity index is 1230. The highest BCUT2D eigenvalue weighted by Gasteiger charge is 2.19. The summed E-state index contributed by atoms with van der Waals surface area (Å²) in [5.41, 5.74) is 11.4. The summed E-state index contributed by atoms with van der Waals surface area (Å²) in [6, 6.07) is 6.60. The maximum Gasteiger partial charge on any atom is 0.270 e. The summed E-state index contributed by atoms with van der Waals surface area (Å²) in [5, 5.41) is 12.0. The van der Waals surface area contributed by atoms with Crippen LogP contribution in [0.1, 0.15) is 51.4 Å². The molecular weight excluding hydrogens is 426 g/mol. The molecule has 0 atom stereocenters. The van der Waals surface area contributed by atoms with E-state index < -0.39 is 0 Å². The second-order valence-corrected chi connectivity index (χ2v) is 9.93. The van der Waals surface area contributed by atoms with Gasteiger partial charge in [0.05, 0.1) is 11.9 Å². The summed E-state index contributed by atoms with van der Waals surface area (Å²) in [6.45, 7) is 14.5. The topological polar surface area (TPSA) is 106 Å². The molecule has 0 saturated carbocycles. The number of benzene rings is 1. The number of rotatable bonds is 6. The molecule has 178 valence electrons. The molecule has 0 fully saturated rings. The van der Waals surface area contributed by atoms with Gasteiger partial charge in [0.2, 0.25) is 5.89 Å². The molecule has 8 heteroatoms. The van der Waals surface area contributed by atoms with Gasteiger partial charge in [0.25, 0.3) is 5.89 Å². The second-order valence-electron chi connectivity index (χ2n) is 9.93. The van der Waals surface area contributed by atoms with E-state index in [1.807, 2.05) is 19.1 Å². The lowest BCUT2D eigenvalue weighted by Gasteiger charge is -2.27. The van der Waals surface area contributed by atoms with Gasteiger partial charge in [-0.25, -0.2) is 9.97 Å². The molecule has 3 N–H and O–H groups in total. The zero-order valence-electron chi connectivity index (χ0n) is 20.8. The summed E-state index contributed by atoms with van der Waals surface area (Å²) < 4.78 is 6.00. The minimum atomic E-state index is 0.0556. The standard InChI is InChI=1S/C26H33N7O/c1-16(2)33-11-7-8-19(15-33)21-14-28-23(27)22(30-21)25-32-31-24(34-25)20-10-9-18(12-17(20)3)13-29-26(4,5)6/h7-10,12,14-16,29H,11,13H2,1-6H3,(H2,27,28). The van der Waals surface area contributed by atoms with Crippen molar-refractivity contribution in [3.8, 4) is 23.0 Å². The number of hydrogen-bond donors (Lipinski definition) is 2. The molecule has 1 aliphatic heterocycles. The van der Waals surface area contributed by atoms with E-state index in [-0.39, 0.29) is 17.2 Å². The van der Waals surface area contributed by atoms with Crippen molar-refractivity contribution in [3.63, 3.8) is 0 Å². The van der Waals surface area contributed by atoms with Gasteiger partial charge in [0.1, 0.15) is 0 Å². The monoisotopic (exact) mass is 459 g/mol. The molecule has 0 spiro atoms. The molecule has 1 aromatic carbocycles. The quantitative estimate of drug-likeness (QED) is 0.551. The Morgan fingerprint density at radius 3 is 2.65 bits per heavy atom. The second kappa shape index (κ2) is 9.38. The zero-order chi connectivity index (χ0) is 24.5. The van der Waals surface area contributed by atoms with Crippen LogP contribution >= 0.6 is 0 Å². The average Bonchev–Trinajstić information content (AvgIpc) is 3.27. The number of nitrogens with zero attached hydrogens (tertiary/aromatic N) is 5. The number of aryl methyl sites for hydroxylation is 1. The molecular formula is C26H33N7O. The number of nitrogens with one attached hydrogen (secondary N) is 1. The normalized spacial score (nSPS) is 14.1. The van der Waals surface area contributed by atoms with Crippen LogP contribution in [0.2, 0.25) is 0 Å². The minimum Gasteiger partial charge on any atom is -0.414 e. The summed E-state index contributed by atoms with van der Waals surface area (Å²) >= 11 is 0. The lowest BCUT2D eigenvalue weighted by atomic mass is 10.0. The SMILES string of the molecule is Cc1cc(CNC(C)(C)C)ccc1-c1nnc(-c2nc(C3=CN(C(C)C)CC=C3)cnc2N)o1. The Morgan fingerprint density at radius 2 is 1.94 bits per heavy atom. The number of nitrogens with two attached hydrogens (primary N) is 1. The molecule has 1 aliphatic rings. The molecule has 0 radical (unpaired) electrons. The summed E-state index contributed by atoms with van der Waals surface area (Å²) in [6.07, 6.45) is 7.92. The highest BCUT2D eigenvalue weighted by molar-refractivity contribution is 5.75. The zero-order valence-corrected chi connectivity index (χ0v) is 20.8. The fraction of sp³-hybridized carbons (Fsp3) is 0.385. The molecule has 4 rings (SSSR count). The maximum atomic E-state index is 6.14. The largest absolute Gasteiger partial charge is 0.414 e. The van der Waals surface area contributed by atoms with Gasteiger partial charge in [-0.15, -0.1) is 10.2 Å². The van der Waals surface area contributed by atoms with E-state index in [9.17, 15) is 0 Å². The Kier molecular flexibility index (Phi) is 6.52. The van der Waals surface area contributed by atoms with E-state index in [1.165, 1.54) is 5.56 Å². The number of nitrogen functional groups attached to an aromatic ring is 1. The van der Waals surface area contributed by atoms with Gasteiger partial charge in [-0.1, -0.05) is 24.3 Å². The third-order valence-electron chi connectivity index (χ3n) is 5.65. The number of anilines is 1. The molecule has 2 aromatic heterocycles. The third kappa shape index (κ3) is 5.34. The van der Waals surface area contributed by atoms with Gasteiger partial charge in [-0.2, -0.15) is 0 Å². The minimum absolute atomic E-state index is 0.0556. The highest BCUT2D eigenvalue weighted by atomic mass is 16.4. The summed E-state index contributed by atoms with van der Waals surface area (Å²) in [7, 11) is 0. The van der Waals surface area contributed by atoms with Crippen molar-refractivity contribution in [2.75, 3.05) is 12.3 Å². The van der Waals surface area contributed by atoms with Gasteiger partial charge in [0, 0.05) is 42.0 Å². The molecule has 0 unspecified atom stereocenters. The van der Waals surface area contributed by atoms with Gasteiger partial charge < -0.3 is 20.4 Å². The summed E-state index contributed by atoms with van der Waals surface area (Å²) in [4.78, 5) is 11.3. The predicted molar refractivity (Wildman–Crippen MR) is 135 cm³/mol. The van der Waals surface area contributed by atoms with Gasteiger partial charge >= 0.3 is 0 Å². The van der Waals surface area contributed by atoms with Crippen molar-refractivity contribution in [2.45, 2.75) is 59.7 Å². The molecule has 8 nitrogen and oxygen atoms in total. The fourth-order valence-electron chi connectivity index (χ4n) is 3.65. The van der Waals surface area contributed by atoms with E-state index in [2.05, 4.69) is 84.4 Å². The smallest absolute Gasteiger partial charge is 0.270 e. The van der Waals surface area contributed by atoms with Crippen LogP contribution in [0.25, 0.3) is 28.6 Å². The van der Waals surface area contributed by atoms with E-state index >= 15 is 0 Å². The Morgan fingerprint density at radius 1 is 1.18 bits per heavy atom. The number of hydrogen-bond acceptors (Lipinski definition) is 8. The van der Waals surface area contributed by atoms with Crippen LogP contribution in [-0.4, -0.2) is 43.2 Å². The lowest BCUT2D eigenvalue weighted by molar-refractivity contribution is 0.341. The van der Waals surface area contributed by atoms with Crippen LogP contribution < -0.4 is 11.1 Å². The number of aromatic nitrogens is 4. The van der Waals surface area contributed by atoms with E-state index in [0.29, 0.717) is 23.3 Å². The van der Waals surface area contributed by atoms with Crippen molar-refractivity contribution in [1.29, 1.82) is 0 Å². The van der Waals surface area contributed by atoms with Crippen molar-refractivity contribution >= 4 is 11.4 Å². The van der Waals surface area contributed by atoms with Crippen molar-refractivity contribution in [2.24, 2.45) is 0 Å². The predicted octanol–water partition coefficient (Wildman–Crippen LogP) is 4.59. The van der Waals surface area contributed by atoms with Crippen LogP contribution in [0.3, 0.4) is 0 Å². The van der Waals surface area contributed by atoms with E-state index in [0.717, 1.165) is 29.8 Å². The van der Waals surface area contributed by atoms with Crippen LogP contribution in [-0.2, 0) is 6.54 Å². The van der Waals surface area contributed by atoms with Gasteiger partial charge in [-0.05, 0) is 58.7 Å². The van der Waals surface area contributed by atoms with Gasteiger partial charge in [-0.3, -0.25) is 0 Å². The first-order valence-electron chi connectivity index (χ1n) is 11.6. The summed E-state index contributed by atoms with van der Waals surface area (Å²) in [5.74, 6) is 0.929. The molecule has 3 heterocycles. The van der Waals surface area contributed by atoms with Crippen LogP contribution in [0, 0.1) is 6.92 Å². The Labute approximate surface area is 201 Å². The molecule has 0 bridgehead atoms. The number of allylic oxidation sites excluding steroid dienone is 2. The van der Waals surface area contributed by atoms with Crippen LogP contribution in [0.5, 0.6) is 0 Å². The Balaban J connectivity index is 1.60. The first-order valence-corrected chi connectivity index (χ1v) is 11.6. The van der Waals surface area contributed by atoms with E-state index in [4.69, 9.17) is 15.1 Å². The van der Waals surface area contributed by atoms with Crippen LogP contribution in [0.15, 0.2) is 47.2 Å². The Hall–Kier alpha value is -3.52. The average molecular weight is 460 g/mol.